The van der Waals surface area contributed by atoms with Gasteiger partial charge in [-0.3, -0.25) is 14.4 Å². The smallest absolute Gasteiger partial charge is 0.227 e. The average molecular weight is 344 g/mol. The Kier molecular flexibility index (Phi) is 5.48. The van der Waals surface area contributed by atoms with E-state index in [9.17, 15) is 9.18 Å². The van der Waals surface area contributed by atoms with E-state index in [-0.39, 0.29) is 23.7 Å². The maximum absolute atomic E-state index is 13.1. The maximum Gasteiger partial charge on any atom is 0.227 e. The van der Waals surface area contributed by atoms with Gasteiger partial charge in [0.05, 0.1) is 11.9 Å². The van der Waals surface area contributed by atoms with Crippen molar-refractivity contribution >= 4 is 11.6 Å². The summed E-state index contributed by atoms with van der Waals surface area (Å²) in [6.07, 6.45) is 5.20. The second-order valence-electron chi connectivity index (χ2n) is 6.61. The van der Waals surface area contributed by atoms with Crippen molar-refractivity contribution in [1.82, 2.24) is 14.7 Å². The third-order valence-corrected chi connectivity index (χ3v) is 5.03. The van der Waals surface area contributed by atoms with Crippen molar-refractivity contribution in [2.45, 2.75) is 39.3 Å². The SMILES string of the molecule is CCn1cc(NC(=O)C2CCN([C@@H](C)c3ccc(F)cc3)CC2)cn1. The summed E-state index contributed by atoms with van der Waals surface area (Å²) in [7, 11) is 0. The molecular formula is C19H25FN4O. The number of benzene rings is 1. The normalized spacial score (nSPS) is 17.4. The topological polar surface area (TPSA) is 50.2 Å². The van der Waals surface area contributed by atoms with Crippen LogP contribution in [0, 0.1) is 11.7 Å². The number of anilines is 1. The third kappa shape index (κ3) is 4.25. The van der Waals surface area contributed by atoms with Crippen LogP contribution in [0.1, 0.15) is 38.3 Å². The van der Waals surface area contributed by atoms with E-state index in [0.717, 1.165) is 43.7 Å². The number of aryl methyl sites for hydroxylation is 1. The molecule has 0 spiro atoms. The summed E-state index contributed by atoms with van der Waals surface area (Å²) in [6.45, 7) is 6.66. The van der Waals surface area contributed by atoms with E-state index in [0.29, 0.717) is 0 Å². The van der Waals surface area contributed by atoms with Crippen molar-refractivity contribution in [2.24, 2.45) is 5.92 Å². The summed E-state index contributed by atoms with van der Waals surface area (Å²) in [4.78, 5) is 14.8. The summed E-state index contributed by atoms with van der Waals surface area (Å²) in [6, 6.07) is 6.91. The molecule has 0 saturated carbocycles. The predicted octanol–water partition coefficient (Wildman–Crippen LogP) is 3.45. The van der Waals surface area contributed by atoms with Crippen LogP contribution < -0.4 is 5.32 Å². The van der Waals surface area contributed by atoms with Gasteiger partial charge in [0.1, 0.15) is 5.82 Å². The summed E-state index contributed by atoms with van der Waals surface area (Å²) in [5.74, 6) is -0.107. The van der Waals surface area contributed by atoms with Crippen molar-refractivity contribution in [1.29, 1.82) is 0 Å². The number of rotatable bonds is 5. The third-order valence-electron chi connectivity index (χ3n) is 5.03. The zero-order chi connectivity index (χ0) is 17.8. The van der Waals surface area contributed by atoms with E-state index in [4.69, 9.17) is 0 Å². The molecule has 6 heteroatoms. The first kappa shape index (κ1) is 17.6. The number of piperidine rings is 1. The largest absolute Gasteiger partial charge is 0.323 e. The van der Waals surface area contributed by atoms with Crippen LogP contribution in [0.15, 0.2) is 36.7 Å². The van der Waals surface area contributed by atoms with E-state index in [1.165, 1.54) is 12.1 Å². The van der Waals surface area contributed by atoms with Crippen LogP contribution in [-0.2, 0) is 11.3 Å². The van der Waals surface area contributed by atoms with Gasteiger partial charge in [0.2, 0.25) is 5.91 Å². The molecule has 2 heterocycles. The van der Waals surface area contributed by atoms with E-state index >= 15 is 0 Å². The van der Waals surface area contributed by atoms with Gasteiger partial charge in [-0.25, -0.2) is 4.39 Å². The molecule has 0 bridgehead atoms. The van der Waals surface area contributed by atoms with E-state index in [2.05, 4.69) is 22.2 Å². The molecule has 1 atom stereocenters. The Balaban J connectivity index is 1.52. The molecule has 25 heavy (non-hydrogen) atoms. The van der Waals surface area contributed by atoms with Crippen LogP contribution in [0.2, 0.25) is 0 Å². The van der Waals surface area contributed by atoms with E-state index in [1.54, 1.807) is 10.9 Å². The Morgan fingerprint density at radius 1 is 1.32 bits per heavy atom. The number of hydrogen-bond acceptors (Lipinski definition) is 3. The molecule has 1 aromatic heterocycles. The van der Waals surface area contributed by atoms with Gasteiger partial charge in [0.25, 0.3) is 0 Å². The van der Waals surface area contributed by atoms with Crippen LogP contribution in [0.25, 0.3) is 0 Å². The second-order valence-corrected chi connectivity index (χ2v) is 6.61. The summed E-state index contributed by atoms with van der Waals surface area (Å²) < 4.78 is 14.9. The molecule has 1 aromatic carbocycles. The molecule has 0 unspecified atom stereocenters. The molecule has 134 valence electrons. The molecule has 1 fully saturated rings. The summed E-state index contributed by atoms with van der Waals surface area (Å²) in [5, 5.41) is 7.14. The van der Waals surface area contributed by atoms with Gasteiger partial charge in [-0.2, -0.15) is 5.10 Å². The Bertz CT molecular complexity index is 704. The number of aromatic nitrogens is 2. The maximum atomic E-state index is 13.1. The number of amides is 1. The number of carbonyl (C=O) groups is 1. The quantitative estimate of drug-likeness (QED) is 0.904. The highest BCUT2D eigenvalue weighted by atomic mass is 19.1. The van der Waals surface area contributed by atoms with Crippen molar-refractivity contribution in [2.75, 3.05) is 18.4 Å². The van der Waals surface area contributed by atoms with Crippen LogP contribution in [0.3, 0.4) is 0 Å². The van der Waals surface area contributed by atoms with Crippen molar-refractivity contribution < 1.29 is 9.18 Å². The van der Waals surface area contributed by atoms with Gasteiger partial charge in [0.15, 0.2) is 0 Å². The van der Waals surface area contributed by atoms with Gasteiger partial charge in [-0.05, 0) is 57.5 Å². The van der Waals surface area contributed by atoms with Gasteiger partial charge in [-0.1, -0.05) is 12.1 Å². The van der Waals surface area contributed by atoms with Crippen LogP contribution in [0.5, 0.6) is 0 Å². The Hall–Kier alpha value is -2.21. The number of halogens is 1. The van der Waals surface area contributed by atoms with Crippen molar-refractivity contribution in [3.63, 3.8) is 0 Å². The first-order chi connectivity index (χ1) is 12.1. The fourth-order valence-electron chi connectivity index (χ4n) is 3.35. The Morgan fingerprint density at radius 3 is 2.60 bits per heavy atom. The van der Waals surface area contributed by atoms with E-state index < -0.39 is 0 Å². The van der Waals surface area contributed by atoms with Crippen molar-refractivity contribution in [3.8, 4) is 0 Å². The zero-order valence-electron chi connectivity index (χ0n) is 14.8. The zero-order valence-corrected chi connectivity index (χ0v) is 14.8. The minimum absolute atomic E-state index is 0.0293. The standard InChI is InChI=1S/C19H25FN4O/c1-3-24-13-18(12-21-24)22-19(25)16-8-10-23(11-9-16)14(2)15-4-6-17(20)7-5-15/h4-7,12-14,16H,3,8-11H2,1-2H3,(H,22,25)/t14-/m0/s1. The first-order valence-corrected chi connectivity index (χ1v) is 8.89. The highest BCUT2D eigenvalue weighted by Crippen LogP contribution is 2.27. The average Bonchev–Trinajstić information content (AvgIpc) is 3.09. The summed E-state index contributed by atoms with van der Waals surface area (Å²) in [5.41, 5.74) is 1.87. The van der Waals surface area contributed by atoms with Gasteiger partial charge in [-0.15, -0.1) is 0 Å². The predicted molar refractivity (Wildman–Crippen MR) is 95.6 cm³/mol. The molecule has 0 radical (unpaired) electrons. The Labute approximate surface area is 147 Å². The lowest BCUT2D eigenvalue weighted by Gasteiger charge is -2.35. The number of nitrogens with one attached hydrogen (secondary N) is 1. The number of likely N-dealkylation sites (tertiary alicyclic amines) is 1. The number of carbonyl (C=O) groups excluding carboxylic acids is 1. The number of hydrogen-bond donors (Lipinski definition) is 1. The Morgan fingerprint density at radius 2 is 2.00 bits per heavy atom. The summed E-state index contributed by atoms with van der Waals surface area (Å²) >= 11 is 0. The van der Waals surface area contributed by atoms with Gasteiger partial charge >= 0.3 is 0 Å². The lowest BCUT2D eigenvalue weighted by Crippen LogP contribution is -2.39. The molecule has 1 aliphatic heterocycles. The molecule has 1 N–H and O–H groups in total. The van der Waals surface area contributed by atoms with Crippen molar-refractivity contribution in [3.05, 3.63) is 48.0 Å². The van der Waals surface area contributed by atoms with Gasteiger partial charge in [0, 0.05) is 24.7 Å². The van der Waals surface area contributed by atoms with Crippen LogP contribution in [0.4, 0.5) is 10.1 Å². The van der Waals surface area contributed by atoms with E-state index in [1.807, 2.05) is 25.3 Å². The van der Waals surface area contributed by atoms with Gasteiger partial charge < -0.3 is 5.32 Å². The minimum atomic E-state index is -0.210. The highest BCUT2D eigenvalue weighted by molar-refractivity contribution is 5.92. The first-order valence-electron chi connectivity index (χ1n) is 8.89. The lowest BCUT2D eigenvalue weighted by atomic mass is 9.94. The monoisotopic (exact) mass is 344 g/mol. The fraction of sp³-hybridized carbons (Fsp3) is 0.474. The minimum Gasteiger partial charge on any atom is -0.323 e. The molecule has 0 aliphatic carbocycles. The highest BCUT2D eigenvalue weighted by Gasteiger charge is 2.27. The lowest BCUT2D eigenvalue weighted by molar-refractivity contribution is -0.121. The molecule has 1 saturated heterocycles. The molecular weight excluding hydrogens is 319 g/mol. The number of nitrogens with zero attached hydrogens (tertiary/aromatic N) is 3. The van der Waals surface area contributed by atoms with Crippen LogP contribution in [-0.4, -0.2) is 33.7 Å². The molecule has 1 amide bonds. The molecule has 5 nitrogen and oxygen atoms in total. The molecule has 1 aliphatic rings. The molecule has 2 aromatic rings. The second kappa shape index (κ2) is 7.78. The van der Waals surface area contributed by atoms with Crippen LogP contribution >= 0.6 is 0 Å². The molecule has 3 rings (SSSR count). The fourth-order valence-corrected chi connectivity index (χ4v) is 3.35.